The average molecular weight is 336 g/mol. The number of carbonyl (C=O) groups is 2. The molecule has 1 aromatic rings. The Hall–Kier alpha value is -2.28. The molecule has 0 bridgehead atoms. The number of ether oxygens (including phenoxy) is 2. The maximum absolute atomic E-state index is 12.4. The molecular weight excluding hydrogens is 312 g/mol. The molecule has 0 aliphatic carbocycles. The van der Waals surface area contributed by atoms with Gasteiger partial charge in [-0.2, -0.15) is 0 Å². The summed E-state index contributed by atoms with van der Waals surface area (Å²) in [6, 6.07) is 5.06. The van der Waals surface area contributed by atoms with Gasteiger partial charge in [-0.25, -0.2) is 0 Å². The van der Waals surface area contributed by atoms with Gasteiger partial charge in [-0.1, -0.05) is 6.07 Å². The smallest absolute Gasteiger partial charge is 0.226 e. The SMILES string of the molecule is CCN1C(=O)C[C@@H](C(=O)NCCO)[C@@H]1c1ccc(OC)c(OC)c1. The first-order valence-corrected chi connectivity index (χ1v) is 7.97. The fraction of sp³-hybridized carbons (Fsp3) is 0.529. The molecule has 132 valence electrons. The number of hydrogen-bond donors (Lipinski definition) is 2. The number of amides is 2. The molecule has 2 amide bonds. The van der Waals surface area contributed by atoms with E-state index in [1.54, 1.807) is 31.3 Å². The topological polar surface area (TPSA) is 88.1 Å². The average Bonchev–Trinajstić information content (AvgIpc) is 2.95. The Morgan fingerprint density at radius 1 is 1.33 bits per heavy atom. The highest BCUT2D eigenvalue weighted by Gasteiger charge is 2.43. The number of benzene rings is 1. The number of rotatable bonds is 7. The lowest BCUT2D eigenvalue weighted by Crippen LogP contribution is -2.36. The zero-order valence-corrected chi connectivity index (χ0v) is 14.2. The summed E-state index contributed by atoms with van der Waals surface area (Å²) in [6.45, 7) is 2.44. The Labute approximate surface area is 141 Å². The van der Waals surface area contributed by atoms with Crippen molar-refractivity contribution < 1.29 is 24.2 Å². The number of hydrogen-bond acceptors (Lipinski definition) is 5. The quantitative estimate of drug-likeness (QED) is 0.766. The minimum absolute atomic E-state index is 0.0542. The van der Waals surface area contributed by atoms with Crippen molar-refractivity contribution in [2.45, 2.75) is 19.4 Å². The molecule has 2 N–H and O–H groups in total. The molecule has 1 heterocycles. The predicted molar refractivity (Wildman–Crippen MR) is 87.9 cm³/mol. The summed E-state index contributed by atoms with van der Waals surface area (Å²) in [7, 11) is 3.10. The number of aliphatic hydroxyl groups is 1. The highest BCUT2D eigenvalue weighted by molar-refractivity contribution is 5.90. The summed E-state index contributed by atoms with van der Waals surface area (Å²) in [4.78, 5) is 26.4. The molecule has 1 aliphatic heterocycles. The Kier molecular flexibility index (Phi) is 6.03. The van der Waals surface area contributed by atoms with Gasteiger partial charge in [-0.05, 0) is 24.6 Å². The first kappa shape index (κ1) is 18.1. The maximum atomic E-state index is 12.4. The van der Waals surface area contributed by atoms with Crippen LogP contribution in [0.4, 0.5) is 0 Å². The summed E-state index contributed by atoms with van der Waals surface area (Å²) in [5.41, 5.74) is 0.824. The Morgan fingerprint density at radius 2 is 2.04 bits per heavy atom. The van der Waals surface area contributed by atoms with E-state index in [0.717, 1.165) is 5.56 Å². The molecule has 2 rings (SSSR count). The van der Waals surface area contributed by atoms with Crippen molar-refractivity contribution in [3.8, 4) is 11.5 Å². The third-order valence-electron chi connectivity index (χ3n) is 4.27. The van der Waals surface area contributed by atoms with E-state index in [-0.39, 0.29) is 37.4 Å². The molecule has 0 spiro atoms. The summed E-state index contributed by atoms with van der Waals surface area (Å²) < 4.78 is 10.6. The van der Waals surface area contributed by atoms with E-state index < -0.39 is 5.92 Å². The minimum Gasteiger partial charge on any atom is -0.493 e. The number of carbonyl (C=O) groups excluding carboxylic acids is 2. The van der Waals surface area contributed by atoms with Gasteiger partial charge in [0.1, 0.15) is 0 Å². The molecule has 1 aliphatic rings. The van der Waals surface area contributed by atoms with E-state index in [4.69, 9.17) is 14.6 Å². The summed E-state index contributed by atoms with van der Waals surface area (Å²) >= 11 is 0. The van der Waals surface area contributed by atoms with Crippen molar-refractivity contribution >= 4 is 11.8 Å². The fourth-order valence-electron chi connectivity index (χ4n) is 3.16. The van der Waals surface area contributed by atoms with Crippen LogP contribution < -0.4 is 14.8 Å². The van der Waals surface area contributed by atoms with Crippen molar-refractivity contribution in [3.63, 3.8) is 0 Å². The van der Waals surface area contributed by atoms with Crippen LogP contribution in [0.1, 0.15) is 24.9 Å². The van der Waals surface area contributed by atoms with Gasteiger partial charge in [0, 0.05) is 19.5 Å². The van der Waals surface area contributed by atoms with Crippen LogP contribution in [-0.4, -0.2) is 55.7 Å². The molecule has 7 heteroatoms. The van der Waals surface area contributed by atoms with Crippen LogP contribution in [0.5, 0.6) is 11.5 Å². The van der Waals surface area contributed by atoms with Gasteiger partial charge in [0.25, 0.3) is 0 Å². The summed E-state index contributed by atoms with van der Waals surface area (Å²) in [5.74, 6) is 0.367. The minimum atomic E-state index is -0.498. The van der Waals surface area contributed by atoms with Gasteiger partial charge < -0.3 is 24.8 Å². The van der Waals surface area contributed by atoms with Crippen molar-refractivity contribution in [3.05, 3.63) is 23.8 Å². The zero-order valence-electron chi connectivity index (χ0n) is 14.2. The molecule has 24 heavy (non-hydrogen) atoms. The van der Waals surface area contributed by atoms with E-state index in [1.807, 2.05) is 13.0 Å². The molecule has 2 atom stereocenters. The van der Waals surface area contributed by atoms with Crippen molar-refractivity contribution in [1.29, 1.82) is 0 Å². The number of likely N-dealkylation sites (tertiary alicyclic amines) is 1. The molecule has 1 fully saturated rings. The highest BCUT2D eigenvalue weighted by Crippen LogP contribution is 2.40. The summed E-state index contributed by atoms with van der Waals surface area (Å²) in [5, 5.41) is 11.6. The number of methoxy groups -OCH3 is 2. The van der Waals surface area contributed by atoms with Crippen LogP contribution in [0.3, 0.4) is 0 Å². The van der Waals surface area contributed by atoms with Crippen LogP contribution in [-0.2, 0) is 9.59 Å². The number of aliphatic hydroxyl groups excluding tert-OH is 1. The third kappa shape index (κ3) is 3.46. The Bertz CT molecular complexity index is 605. The van der Waals surface area contributed by atoms with E-state index in [2.05, 4.69) is 5.32 Å². The summed E-state index contributed by atoms with van der Waals surface area (Å²) in [6.07, 6.45) is 0.157. The second-order valence-electron chi connectivity index (χ2n) is 5.56. The lowest BCUT2D eigenvalue weighted by Gasteiger charge is -2.27. The largest absolute Gasteiger partial charge is 0.493 e. The number of nitrogens with zero attached hydrogens (tertiary/aromatic N) is 1. The molecular formula is C17H24N2O5. The second kappa shape index (κ2) is 8.01. The fourth-order valence-corrected chi connectivity index (χ4v) is 3.16. The zero-order chi connectivity index (χ0) is 17.7. The lowest BCUT2D eigenvalue weighted by atomic mass is 9.92. The van der Waals surface area contributed by atoms with Crippen LogP contribution in [0.15, 0.2) is 18.2 Å². The Morgan fingerprint density at radius 3 is 2.62 bits per heavy atom. The van der Waals surface area contributed by atoms with E-state index >= 15 is 0 Å². The van der Waals surface area contributed by atoms with Gasteiger partial charge in [-0.3, -0.25) is 9.59 Å². The van der Waals surface area contributed by atoms with Crippen molar-refractivity contribution in [2.75, 3.05) is 33.9 Å². The van der Waals surface area contributed by atoms with Crippen LogP contribution in [0, 0.1) is 5.92 Å². The van der Waals surface area contributed by atoms with Gasteiger partial charge in [0.2, 0.25) is 11.8 Å². The van der Waals surface area contributed by atoms with Crippen molar-refractivity contribution in [2.24, 2.45) is 5.92 Å². The Balaban J connectivity index is 2.37. The maximum Gasteiger partial charge on any atom is 0.226 e. The normalized spacial score (nSPS) is 20.2. The van der Waals surface area contributed by atoms with Gasteiger partial charge >= 0.3 is 0 Å². The molecule has 1 aromatic carbocycles. The molecule has 0 saturated carbocycles. The lowest BCUT2D eigenvalue weighted by molar-refractivity contribution is -0.129. The van der Waals surface area contributed by atoms with E-state index in [0.29, 0.717) is 18.0 Å². The van der Waals surface area contributed by atoms with Crippen LogP contribution in [0.25, 0.3) is 0 Å². The third-order valence-corrected chi connectivity index (χ3v) is 4.27. The van der Waals surface area contributed by atoms with Gasteiger partial charge in [0.15, 0.2) is 11.5 Å². The molecule has 0 unspecified atom stereocenters. The second-order valence-corrected chi connectivity index (χ2v) is 5.56. The monoisotopic (exact) mass is 336 g/mol. The van der Waals surface area contributed by atoms with Crippen molar-refractivity contribution in [1.82, 2.24) is 10.2 Å². The van der Waals surface area contributed by atoms with Crippen LogP contribution >= 0.6 is 0 Å². The standard InChI is InChI=1S/C17H24N2O5/c1-4-19-15(21)10-12(17(22)18-7-8-20)16(19)11-5-6-13(23-2)14(9-11)24-3/h5-6,9,12,16,20H,4,7-8,10H2,1-3H3,(H,18,22)/t12-,16+/m1/s1. The highest BCUT2D eigenvalue weighted by atomic mass is 16.5. The molecule has 0 radical (unpaired) electrons. The van der Waals surface area contributed by atoms with E-state index in [1.165, 1.54) is 0 Å². The van der Waals surface area contributed by atoms with Gasteiger partial charge in [-0.15, -0.1) is 0 Å². The van der Waals surface area contributed by atoms with Gasteiger partial charge in [0.05, 0.1) is 32.8 Å². The predicted octanol–water partition coefficient (Wildman–Crippen LogP) is 0.722. The molecule has 1 saturated heterocycles. The first-order valence-electron chi connectivity index (χ1n) is 7.97. The number of nitrogens with one attached hydrogen (secondary N) is 1. The molecule has 7 nitrogen and oxygen atoms in total. The van der Waals surface area contributed by atoms with Crippen LogP contribution in [0.2, 0.25) is 0 Å². The molecule has 0 aromatic heterocycles. The van der Waals surface area contributed by atoms with E-state index in [9.17, 15) is 9.59 Å². The first-order chi connectivity index (χ1) is 11.6.